The van der Waals surface area contributed by atoms with Gasteiger partial charge >= 0.3 is 0 Å². The van der Waals surface area contributed by atoms with Crippen LogP contribution >= 0.6 is 0 Å². The Balaban J connectivity index is 0.995. The molecule has 0 unspecified atom stereocenters. The van der Waals surface area contributed by atoms with Crippen molar-refractivity contribution in [3.05, 3.63) is 303 Å². The summed E-state index contributed by atoms with van der Waals surface area (Å²) in [5.74, 6) is 0. The van der Waals surface area contributed by atoms with E-state index in [9.17, 15) is 0 Å². The molecule has 17 rings (SSSR count). The fourth-order valence-corrected chi connectivity index (χ4v) is 13.1. The van der Waals surface area contributed by atoms with Crippen LogP contribution in [0.15, 0.2) is 312 Å². The van der Waals surface area contributed by atoms with E-state index in [0.717, 1.165) is 177 Å². The monoisotopic (exact) mass is 1090 g/mol. The molecule has 0 fully saturated rings. The fourth-order valence-electron chi connectivity index (χ4n) is 13.1. The van der Waals surface area contributed by atoms with Gasteiger partial charge in [-0.05, 0) is 144 Å². The number of benzene rings is 14. The first-order chi connectivity index (χ1) is 42.6. The van der Waals surface area contributed by atoms with Crippen molar-refractivity contribution >= 4 is 76.5 Å². The first-order valence-corrected chi connectivity index (χ1v) is 29.3. The molecule has 0 spiro atoms. The quantitative estimate of drug-likeness (QED) is 0.135. The van der Waals surface area contributed by atoms with E-state index in [1.54, 1.807) is 0 Å². The summed E-state index contributed by atoms with van der Waals surface area (Å²) in [6.07, 6.45) is 1.95. The van der Waals surface area contributed by atoms with E-state index in [2.05, 4.69) is 297 Å². The Labute approximate surface area is 496 Å². The standard InChI is InChI=1S/C82H50N2O2/c1-7-23-51(24-8-1)57-42-68(55-31-15-5-16-32-55)79-72(46-57)74-48-59(53-27-11-3-12-28-53)44-70(81(74)85-79)61-39-62(41-63(40-61)76-50-83-77-66-37-21-19-35-64(66)65-36-20-22-38-67(65)78(77)84-76)71-45-60(54-29-13-4-14-30-54)49-75-73-47-58(52-25-9-2-10-26-52)43-69(80(73)86-82(71)75)56-33-17-6-18-34-56/h1-50H. The molecule has 0 bridgehead atoms. The van der Waals surface area contributed by atoms with Gasteiger partial charge in [-0.2, -0.15) is 0 Å². The molecule has 0 saturated carbocycles. The Hall–Kier alpha value is -11.5. The summed E-state index contributed by atoms with van der Waals surface area (Å²) in [4.78, 5) is 11.0. The molecule has 0 aliphatic carbocycles. The Bertz CT molecular complexity index is 5190. The maximum Gasteiger partial charge on any atom is 0.143 e. The van der Waals surface area contributed by atoms with Gasteiger partial charge in [0.05, 0.1) is 22.9 Å². The molecule has 14 aromatic carbocycles. The highest BCUT2D eigenvalue weighted by Gasteiger charge is 2.25. The Morgan fingerprint density at radius 1 is 0.198 bits per heavy atom. The summed E-state index contributed by atoms with van der Waals surface area (Å²) in [7, 11) is 0. The first-order valence-electron chi connectivity index (χ1n) is 29.3. The van der Waals surface area contributed by atoms with Gasteiger partial charge < -0.3 is 8.83 Å². The molecule has 3 aromatic heterocycles. The van der Waals surface area contributed by atoms with E-state index in [1.165, 1.54) is 0 Å². The topological polar surface area (TPSA) is 52.1 Å². The average Bonchev–Trinajstić information content (AvgIpc) is 2.00. The molecule has 400 valence electrons. The van der Waals surface area contributed by atoms with Gasteiger partial charge in [-0.3, -0.25) is 4.98 Å². The third-order valence-corrected chi connectivity index (χ3v) is 17.2. The maximum atomic E-state index is 7.49. The Morgan fingerprint density at radius 3 is 0.826 bits per heavy atom. The second-order valence-electron chi connectivity index (χ2n) is 22.3. The molecule has 0 atom stereocenters. The van der Waals surface area contributed by atoms with Crippen LogP contribution < -0.4 is 0 Å². The molecular weight excluding hydrogens is 1040 g/mol. The molecule has 17 aromatic rings. The summed E-state index contributed by atoms with van der Waals surface area (Å²) >= 11 is 0. The van der Waals surface area contributed by atoms with Gasteiger partial charge in [-0.15, -0.1) is 0 Å². The summed E-state index contributed by atoms with van der Waals surface area (Å²) in [5, 5.41) is 8.55. The van der Waals surface area contributed by atoms with Crippen LogP contribution in [-0.2, 0) is 0 Å². The van der Waals surface area contributed by atoms with Gasteiger partial charge in [0, 0.05) is 60.1 Å². The minimum absolute atomic E-state index is 0.749. The third kappa shape index (κ3) is 8.30. The van der Waals surface area contributed by atoms with Crippen LogP contribution in [0, 0.1) is 0 Å². The number of hydrogen-bond donors (Lipinski definition) is 0. The summed E-state index contributed by atoms with van der Waals surface area (Å²) < 4.78 is 15.0. The second-order valence-corrected chi connectivity index (χ2v) is 22.3. The Kier molecular flexibility index (Phi) is 11.5. The zero-order valence-corrected chi connectivity index (χ0v) is 46.6. The van der Waals surface area contributed by atoms with Crippen molar-refractivity contribution in [3.63, 3.8) is 0 Å². The molecule has 4 nitrogen and oxygen atoms in total. The molecule has 0 N–H and O–H groups in total. The lowest BCUT2D eigenvalue weighted by Crippen LogP contribution is -1.94. The van der Waals surface area contributed by atoms with E-state index in [1.807, 2.05) is 6.20 Å². The van der Waals surface area contributed by atoms with Gasteiger partial charge in [-0.1, -0.05) is 231 Å². The normalized spacial score (nSPS) is 11.7. The smallest absolute Gasteiger partial charge is 0.143 e. The van der Waals surface area contributed by atoms with E-state index in [0.29, 0.717) is 0 Å². The first kappa shape index (κ1) is 49.2. The highest BCUT2D eigenvalue weighted by atomic mass is 16.3. The van der Waals surface area contributed by atoms with Crippen molar-refractivity contribution in [3.8, 4) is 100 Å². The molecule has 0 aliphatic rings. The van der Waals surface area contributed by atoms with Gasteiger partial charge in [0.2, 0.25) is 0 Å². The van der Waals surface area contributed by atoms with Crippen molar-refractivity contribution in [2.24, 2.45) is 0 Å². The molecule has 0 saturated heterocycles. The molecule has 3 heterocycles. The predicted molar refractivity (Wildman–Crippen MR) is 358 cm³/mol. The number of fused-ring (bicyclic) bond motifs is 12. The van der Waals surface area contributed by atoms with E-state index < -0.39 is 0 Å². The minimum atomic E-state index is 0.749. The third-order valence-electron chi connectivity index (χ3n) is 17.2. The lowest BCUT2D eigenvalue weighted by molar-refractivity contribution is 0.671. The maximum absolute atomic E-state index is 7.49. The number of nitrogens with zero attached hydrogens (tertiary/aromatic N) is 2. The van der Waals surface area contributed by atoms with Gasteiger partial charge in [0.25, 0.3) is 0 Å². The van der Waals surface area contributed by atoms with Crippen LogP contribution in [-0.4, -0.2) is 9.97 Å². The number of rotatable bonds is 9. The molecular formula is C82H50N2O2. The zero-order valence-electron chi connectivity index (χ0n) is 46.6. The highest BCUT2D eigenvalue weighted by molar-refractivity contribution is 6.23. The van der Waals surface area contributed by atoms with Gasteiger partial charge in [-0.25, -0.2) is 4.98 Å². The van der Waals surface area contributed by atoms with Crippen LogP contribution in [0.5, 0.6) is 0 Å². The second kappa shape index (κ2) is 20.2. The molecule has 0 radical (unpaired) electrons. The van der Waals surface area contributed by atoms with Crippen LogP contribution in [0.4, 0.5) is 0 Å². The SMILES string of the molecule is c1ccc(-c2cc(-c3ccccc3)c3oc4c(-c5cc(-c6cnc7c8ccccc8c8ccccc8c7n6)cc(-c6cc(-c7ccccc7)cc7c6oc6c(-c8ccccc8)cc(-c8ccccc8)cc67)c5)cc(-c5ccccc5)cc4c3c2)cc1. The Morgan fingerprint density at radius 2 is 0.477 bits per heavy atom. The summed E-state index contributed by atoms with van der Waals surface area (Å²) in [5.41, 5.74) is 23.5. The predicted octanol–water partition coefficient (Wildman–Crippen LogP) is 22.7. The summed E-state index contributed by atoms with van der Waals surface area (Å²) in [6.45, 7) is 0. The van der Waals surface area contributed by atoms with Crippen molar-refractivity contribution in [2.45, 2.75) is 0 Å². The van der Waals surface area contributed by atoms with Gasteiger partial charge in [0.15, 0.2) is 0 Å². The van der Waals surface area contributed by atoms with Crippen molar-refractivity contribution in [2.75, 3.05) is 0 Å². The summed E-state index contributed by atoms with van der Waals surface area (Å²) in [6, 6.07) is 106. The lowest BCUT2D eigenvalue weighted by atomic mass is 9.89. The molecule has 86 heavy (non-hydrogen) atoms. The van der Waals surface area contributed by atoms with Crippen molar-refractivity contribution in [1.82, 2.24) is 9.97 Å². The van der Waals surface area contributed by atoms with Gasteiger partial charge in [0.1, 0.15) is 22.3 Å². The van der Waals surface area contributed by atoms with Crippen LogP contribution in [0.3, 0.4) is 0 Å². The van der Waals surface area contributed by atoms with E-state index >= 15 is 0 Å². The van der Waals surface area contributed by atoms with Crippen molar-refractivity contribution < 1.29 is 8.83 Å². The zero-order chi connectivity index (χ0) is 56.7. The number of hydrogen-bond acceptors (Lipinski definition) is 4. The molecule has 0 aliphatic heterocycles. The largest absolute Gasteiger partial charge is 0.455 e. The van der Waals surface area contributed by atoms with Crippen molar-refractivity contribution in [1.29, 1.82) is 0 Å². The van der Waals surface area contributed by atoms with Crippen LogP contribution in [0.2, 0.25) is 0 Å². The number of aromatic nitrogens is 2. The van der Waals surface area contributed by atoms with Crippen LogP contribution in [0.25, 0.3) is 177 Å². The van der Waals surface area contributed by atoms with Crippen LogP contribution in [0.1, 0.15) is 0 Å². The molecule has 0 amide bonds. The minimum Gasteiger partial charge on any atom is -0.455 e. The molecule has 4 heteroatoms. The fraction of sp³-hybridized carbons (Fsp3) is 0. The number of furan rings is 2. The average molecular weight is 1100 g/mol. The highest BCUT2D eigenvalue weighted by Crippen LogP contribution is 2.49. The van der Waals surface area contributed by atoms with E-state index in [4.69, 9.17) is 18.8 Å². The van der Waals surface area contributed by atoms with E-state index in [-0.39, 0.29) is 0 Å². The lowest BCUT2D eigenvalue weighted by Gasteiger charge is -2.15.